The van der Waals surface area contributed by atoms with Crippen LogP contribution in [0.3, 0.4) is 0 Å². The van der Waals surface area contributed by atoms with Crippen molar-refractivity contribution >= 4 is 5.97 Å². The molecule has 0 aliphatic rings. The smallest absolute Gasteiger partial charge is 0.394 e. The fourth-order valence-electron chi connectivity index (χ4n) is 0.238. The van der Waals surface area contributed by atoms with Gasteiger partial charge in [0.1, 0.15) is 0 Å². The van der Waals surface area contributed by atoms with Crippen molar-refractivity contribution in [3.05, 3.63) is 0 Å². The molecule has 2 nitrogen and oxygen atoms in total. The Morgan fingerprint density at radius 2 is 1.55 bits per heavy atom. The van der Waals surface area contributed by atoms with Crippen molar-refractivity contribution in [2.24, 2.45) is 0 Å². The maximum absolute atomic E-state index is 11.6. The summed E-state index contributed by atoms with van der Waals surface area (Å²) >= 11 is 0. The lowest BCUT2D eigenvalue weighted by molar-refractivity contribution is -0.375. The lowest BCUT2D eigenvalue weighted by Gasteiger charge is -2.17. The Morgan fingerprint density at radius 1 is 1.18 bits per heavy atom. The van der Waals surface area contributed by atoms with Crippen molar-refractivity contribution < 1.29 is 31.5 Å². The number of esters is 1. The van der Waals surface area contributed by atoms with Crippen LogP contribution < -0.4 is 0 Å². The number of hydrogen-bond acceptors (Lipinski definition) is 2. The zero-order valence-electron chi connectivity index (χ0n) is 5.21. The molecule has 0 aromatic heterocycles. The maximum Gasteiger partial charge on any atom is 0.501 e. The first-order valence-electron chi connectivity index (χ1n) is 2.31. The minimum Gasteiger partial charge on any atom is -0.394 e. The topological polar surface area (TPSA) is 26.3 Å². The zero-order chi connectivity index (χ0) is 9.28. The first-order valence-corrected chi connectivity index (χ1v) is 2.31. The van der Waals surface area contributed by atoms with Crippen molar-refractivity contribution in [3.8, 4) is 0 Å². The van der Waals surface area contributed by atoms with Gasteiger partial charge in [0.15, 0.2) is 0 Å². The second-order valence-electron chi connectivity index (χ2n) is 1.61. The lowest BCUT2D eigenvalue weighted by atomic mass is 10.6. The molecule has 0 aliphatic carbocycles. The Kier molecular flexibility index (Phi) is 2.42. The van der Waals surface area contributed by atoms with Gasteiger partial charge in [-0.3, -0.25) is 4.79 Å². The summed E-state index contributed by atoms with van der Waals surface area (Å²) in [5.41, 5.74) is 0. The van der Waals surface area contributed by atoms with Crippen LogP contribution in [0.4, 0.5) is 22.0 Å². The molecule has 0 saturated heterocycles. The van der Waals surface area contributed by atoms with Crippen LogP contribution in [0.15, 0.2) is 0 Å². The van der Waals surface area contributed by atoms with Gasteiger partial charge in [-0.2, -0.15) is 22.0 Å². The average Bonchev–Trinajstić information content (AvgIpc) is 1.56. The highest BCUT2D eigenvalue weighted by Crippen LogP contribution is 2.36. The quantitative estimate of drug-likeness (QED) is 0.451. The van der Waals surface area contributed by atoms with E-state index in [0.29, 0.717) is 6.92 Å². The van der Waals surface area contributed by atoms with Gasteiger partial charge in [-0.05, 0) is 0 Å². The van der Waals surface area contributed by atoms with Gasteiger partial charge in [0.2, 0.25) is 0 Å². The van der Waals surface area contributed by atoms with Crippen LogP contribution in [0.5, 0.6) is 0 Å². The molecule has 0 atom stereocenters. The molecular weight excluding hydrogens is 175 g/mol. The van der Waals surface area contributed by atoms with E-state index in [9.17, 15) is 26.7 Å². The van der Waals surface area contributed by atoms with Crippen molar-refractivity contribution in [2.75, 3.05) is 0 Å². The molecule has 0 aromatic carbocycles. The first kappa shape index (κ1) is 10.1. The third-order valence-corrected chi connectivity index (χ3v) is 0.602. The van der Waals surface area contributed by atoms with Crippen LogP contribution in [0.25, 0.3) is 0 Å². The molecule has 0 heterocycles. The van der Waals surface area contributed by atoms with E-state index in [1.807, 2.05) is 0 Å². The van der Waals surface area contributed by atoms with E-state index in [4.69, 9.17) is 0 Å². The van der Waals surface area contributed by atoms with Crippen molar-refractivity contribution in [2.45, 2.75) is 19.2 Å². The number of carbonyl (C=O) groups is 1. The highest BCUT2D eigenvalue weighted by atomic mass is 19.4. The number of rotatable bonds is 1. The highest BCUT2D eigenvalue weighted by molar-refractivity contribution is 5.66. The van der Waals surface area contributed by atoms with Gasteiger partial charge in [-0.1, -0.05) is 0 Å². The Labute approximate surface area is 57.9 Å². The summed E-state index contributed by atoms with van der Waals surface area (Å²) in [4.78, 5) is 9.70. The van der Waals surface area contributed by atoms with E-state index in [1.165, 1.54) is 0 Å². The van der Waals surface area contributed by atoms with Crippen LogP contribution in [0.2, 0.25) is 0 Å². The minimum absolute atomic E-state index is 0.458. The molecular formula is C4H3F5O2. The molecule has 0 rings (SSSR count). The van der Waals surface area contributed by atoms with Gasteiger partial charge in [0.05, 0.1) is 0 Å². The number of alkyl halides is 5. The Bertz CT molecular complexity index is 160. The largest absolute Gasteiger partial charge is 0.501 e. The fraction of sp³-hybridized carbons (Fsp3) is 0.750. The normalized spacial score (nSPS) is 12.9. The van der Waals surface area contributed by atoms with E-state index in [1.54, 1.807) is 0 Å². The van der Waals surface area contributed by atoms with Gasteiger partial charge in [-0.15, -0.1) is 0 Å². The minimum atomic E-state index is -5.85. The van der Waals surface area contributed by atoms with Crippen LogP contribution >= 0.6 is 0 Å². The van der Waals surface area contributed by atoms with Gasteiger partial charge in [-0.25, -0.2) is 0 Å². The average molecular weight is 178 g/mol. The fourth-order valence-corrected chi connectivity index (χ4v) is 0.238. The van der Waals surface area contributed by atoms with Crippen molar-refractivity contribution in [3.63, 3.8) is 0 Å². The summed E-state index contributed by atoms with van der Waals surface area (Å²) in [7, 11) is 0. The molecule has 0 amide bonds. The molecule has 0 unspecified atom stereocenters. The Morgan fingerprint density at radius 3 is 1.64 bits per heavy atom. The Balaban J connectivity index is 4.34. The number of hydrogen-bond donors (Lipinski definition) is 0. The molecule has 0 spiro atoms. The standard InChI is InChI=1S/C4H3F5O2/c1-2(10)11-4(8,9)3(5,6)7/h1H3. The predicted octanol–water partition coefficient (Wildman–Crippen LogP) is 1.70. The SMILES string of the molecule is CC(=O)OC(F)(F)C(F)(F)F. The predicted molar refractivity (Wildman–Crippen MR) is 22.8 cm³/mol. The third kappa shape index (κ3) is 2.69. The Hall–Kier alpha value is -0.880. The van der Waals surface area contributed by atoms with Gasteiger partial charge >= 0.3 is 18.3 Å². The molecule has 0 saturated carbocycles. The van der Waals surface area contributed by atoms with Gasteiger partial charge in [0, 0.05) is 6.92 Å². The molecule has 0 aromatic rings. The summed E-state index contributed by atoms with van der Waals surface area (Å²) in [6.07, 6.45) is -11.2. The summed E-state index contributed by atoms with van der Waals surface area (Å²) < 4.78 is 59.4. The monoisotopic (exact) mass is 178 g/mol. The summed E-state index contributed by atoms with van der Waals surface area (Å²) in [6.45, 7) is 0.458. The third-order valence-electron chi connectivity index (χ3n) is 0.602. The summed E-state index contributed by atoms with van der Waals surface area (Å²) in [6, 6.07) is 0. The highest BCUT2D eigenvalue weighted by Gasteiger charge is 2.61. The van der Waals surface area contributed by atoms with E-state index >= 15 is 0 Å². The molecule has 66 valence electrons. The van der Waals surface area contributed by atoms with E-state index in [2.05, 4.69) is 4.74 Å². The summed E-state index contributed by atoms with van der Waals surface area (Å²) in [5, 5.41) is 0. The number of halogens is 5. The van der Waals surface area contributed by atoms with Crippen LogP contribution in [-0.2, 0) is 9.53 Å². The second kappa shape index (κ2) is 2.63. The number of ether oxygens (including phenoxy) is 1. The van der Waals surface area contributed by atoms with Crippen LogP contribution in [-0.4, -0.2) is 18.3 Å². The zero-order valence-corrected chi connectivity index (χ0v) is 5.21. The molecule has 0 bridgehead atoms. The molecule has 0 fully saturated rings. The van der Waals surface area contributed by atoms with Crippen molar-refractivity contribution in [1.82, 2.24) is 0 Å². The maximum atomic E-state index is 11.6. The van der Waals surface area contributed by atoms with E-state index < -0.39 is 18.3 Å². The molecule has 0 N–H and O–H groups in total. The molecule has 11 heavy (non-hydrogen) atoms. The van der Waals surface area contributed by atoms with E-state index in [-0.39, 0.29) is 0 Å². The van der Waals surface area contributed by atoms with Crippen molar-refractivity contribution in [1.29, 1.82) is 0 Å². The lowest BCUT2D eigenvalue weighted by Crippen LogP contribution is -2.40. The van der Waals surface area contributed by atoms with Crippen LogP contribution in [0, 0.1) is 0 Å². The molecule has 0 aliphatic heterocycles. The van der Waals surface area contributed by atoms with Gasteiger partial charge in [0.25, 0.3) is 0 Å². The molecule has 7 heteroatoms. The first-order chi connectivity index (χ1) is 4.67. The second-order valence-corrected chi connectivity index (χ2v) is 1.61. The summed E-state index contributed by atoms with van der Waals surface area (Å²) in [5.74, 6) is -1.69. The van der Waals surface area contributed by atoms with Crippen LogP contribution in [0.1, 0.15) is 6.92 Å². The number of carbonyl (C=O) groups excluding carboxylic acids is 1. The van der Waals surface area contributed by atoms with E-state index in [0.717, 1.165) is 0 Å². The molecule has 0 radical (unpaired) electrons. The van der Waals surface area contributed by atoms with Gasteiger partial charge < -0.3 is 4.74 Å².